The molecule has 546 valence electrons. The van der Waals surface area contributed by atoms with Crippen molar-refractivity contribution in [2.75, 3.05) is 76.8 Å². The first kappa shape index (κ1) is 78.1. The van der Waals surface area contributed by atoms with Crippen molar-refractivity contribution in [2.45, 2.75) is 183 Å². The van der Waals surface area contributed by atoms with Gasteiger partial charge < -0.3 is 84.5 Å². The van der Waals surface area contributed by atoms with Crippen molar-refractivity contribution in [1.82, 2.24) is 58.6 Å². The van der Waals surface area contributed by atoms with Gasteiger partial charge >= 0.3 is 34.0 Å². The van der Waals surface area contributed by atoms with E-state index in [2.05, 4.69) is 51.8 Å². The number of rotatable bonds is 43. The van der Waals surface area contributed by atoms with E-state index in [9.17, 15) is 38.6 Å². The van der Waals surface area contributed by atoms with E-state index in [-0.39, 0.29) is 69.7 Å². The fraction of sp³-hybridized carbons (Fsp3) is 0.704. The van der Waals surface area contributed by atoms with Gasteiger partial charge in [-0.05, 0) is 41.4 Å². The van der Waals surface area contributed by atoms with E-state index in [1.54, 1.807) is 0 Å². The number of aromatic nitrogens is 12. The molecule has 0 amide bonds. The fourth-order valence-electron chi connectivity index (χ4n) is 11.6. The second kappa shape index (κ2) is 36.4. The van der Waals surface area contributed by atoms with Gasteiger partial charge in [0.05, 0.1) is 52.0 Å². The lowest BCUT2D eigenvalue weighted by Gasteiger charge is -2.28. The molecule has 6 aromatic heterocycles. The van der Waals surface area contributed by atoms with E-state index in [1.165, 1.54) is 124 Å². The van der Waals surface area contributed by atoms with Crippen LogP contribution in [0.2, 0.25) is 0 Å². The summed E-state index contributed by atoms with van der Waals surface area (Å²) in [7, 11) is -2.23. The van der Waals surface area contributed by atoms with Gasteiger partial charge in [-0.3, -0.25) is 41.1 Å². The number of aliphatic hydroxyl groups excluding tert-OH is 2. The third kappa shape index (κ3) is 20.6. The van der Waals surface area contributed by atoms with Crippen LogP contribution in [0, 0.1) is 0 Å². The summed E-state index contributed by atoms with van der Waals surface area (Å²) in [5.74, 6) is -0.549. The Morgan fingerprint density at radius 2 is 0.939 bits per heavy atom. The number of carbonyl (C=O) groups is 1. The van der Waals surface area contributed by atoms with Gasteiger partial charge in [0.15, 0.2) is 53.1 Å². The number of methoxy groups -OCH3 is 2. The van der Waals surface area contributed by atoms with Crippen LogP contribution in [0.1, 0.15) is 128 Å². The number of esters is 1. The quantitative estimate of drug-likeness (QED) is 0.0125. The highest BCUT2D eigenvalue weighted by molar-refractivity contribution is 8.54. The molecule has 0 spiro atoms. The van der Waals surface area contributed by atoms with Crippen molar-refractivity contribution < 1.29 is 104 Å². The molecule has 12 N–H and O–H groups in total. The largest absolute Gasteiger partial charge is 0.472 e. The third-order valence-electron chi connectivity index (χ3n) is 16.3. The number of carbonyl (C=O) groups excluding carboxylic acids is 1. The number of nitrogen functional groups attached to an aromatic ring is 3. The molecule has 0 saturated carbocycles. The first-order valence-corrected chi connectivity index (χ1v) is 41.7. The second-order valence-electron chi connectivity index (χ2n) is 23.1. The average molecular weight is 1520 g/mol. The number of phosphoric acid groups is 1. The van der Waals surface area contributed by atoms with E-state index in [0.717, 1.165) is 31.9 Å². The lowest BCUT2D eigenvalue weighted by molar-refractivity contribution is -0.143. The number of ether oxygens (including phenoxy) is 6. The predicted molar refractivity (Wildman–Crippen MR) is 360 cm³/mol. The van der Waals surface area contributed by atoms with Gasteiger partial charge in [0.2, 0.25) is 0 Å². The molecule has 9 heterocycles. The van der Waals surface area contributed by atoms with Crippen molar-refractivity contribution in [3.8, 4) is 0 Å². The molecule has 44 heteroatoms. The molecular weight excluding hydrogens is 1430 g/mol. The maximum Gasteiger partial charge on any atom is 0.472 e. The molecule has 3 saturated heterocycles. The molecule has 7 unspecified atom stereocenters. The van der Waals surface area contributed by atoms with Crippen LogP contribution in [0.25, 0.3) is 33.5 Å². The lowest BCUT2D eigenvalue weighted by Crippen LogP contribution is -2.38. The van der Waals surface area contributed by atoms with Crippen LogP contribution in [0.15, 0.2) is 38.0 Å². The zero-order chi connectivity index (χ0) is 70.2. The molecule has 98 heavy (non-hydrogen) atoms. The van der Waals surface area contributed by atoms with E-state index < -0.39 is 141 Å². The Bertz CT molecular complexity index is 3760. The number of fused-ring (bicyclic) bond motifs is 3. The normalized spacial score (nSPS) is 26.1. The summed E-state index contributed by atoms with van der Waals surface area (Å²) in [6.45, 7) is -15.0. The first-order chi connectivity index (χ1) is 47.0. The maximum atomic E-state index is 14.0. The fourth-order valence-corrected chi connectivity index (χ4v) is 17.5. The maximum absolute atomic E-state index is 14.0. The van der Waals surface area contributed by atoms with E-state index in [4.69, 9.17) is 106 Å². The summed E-state index contributed by atoms with van der Waals surface area (Å²) in [6, 6.07) is 0. The molecule has 37 nitrogen and oxygen atoms in total. The zero-order valence-electron chi connectivity index (χ0n) is 54.0. The second-order valence-corrected chi connectivity index (χ2v) is 34.1. The molecule has 3 aliphatic rings. The standard InChI is InChI=1S/C54H85N15O22P4S3/c1-4-5-6-7-8-9-10-11-12-13-14-15-16-17-18-19-36(71)81-22-23-98-93(75,76)89-44-41(79-2)35(88-53(44)68-31-65-38-47(56)59-28-62-50(38)68)26-85-94(77,96)90-43-40(72)33(86-52(43)67-30-64-37-46(55)58-27-61-49(37)67)24-84-95(78,97)91-45-42(80-3)34(25-83-92(73,74)82-21-20-70)87-54(45)69-32-66-39-48(57)60-29-63-51(39)69/h27-35,40-45,52-54,70,72H,4-26H2,1-3H3,(H,73,74)(H,75,76)(H,77,96)(H,78,97)(H2,55,58,61)(H2,56,59,62)(H2,57,60,63)/t33-,34-,35-,40?,41?,42?,43+,44+,45+,52-,53-,54-,94?,95?/m1/s1. The highest BCUT2D eigenvalue weighted by Crippen LogP contribution is 2.60. The topological polar surface area (TPSA) is 501 Å². The number of nitrogens with zero attached hydrogens (tertiary/aromatic N) is 12. The number of anilines is 3. The van der Waals surface area contributed by atoms with Gasteiger partial charge in [-0.1, -0.05) is 96.8 Å². The van der Waals surface area contributed by atoms with Gasteiger partial charge in [0.1, 0.15) is 97.1 Å². The minimum atomic E-state index is -4.75. The zero-order valence-corrected chi connectivity index (χ0v) is 60.0. The monoisotopic (exact) mass is 1520 g/mol. The predicted octanol–water partition coefficient (Wildman–Crippen LogP) is 5.72. The van der Waals surface area contributed by atoms with Gasteiger partial charge in [0, 0.05) is 26.4 Å². The highest BCUT2D eigenvalue weighted by Gasteiger charge is 2.54. The van der Waals surface area contributed by atoms with Gasteiger partial charge in [0.25, 0.3) is 0 Å². The van der Waals surface area contributed by atoms with Crippen molar-refractivity contribution in [3.63, 3.8) is 0 Å². The van der Waals surface area contributed by atoms with Crippen LogP contribution in [-0.2, 0) is 97.6 Å². The molecule has 0 bridgehead atoms. The molecule has 0 aromatic carbocycles. The number of imidazole rings is 3. The SMILES string of the molecule is CCCCCCCCCCCCCCCCCC(=O)OCCSP(=O)(O)O[C@H]1C(OC)[C@@H](COP(O)(=S)O[C@H]2C(O)[C@@H](COP(O)(=S)O[C@H]3C(OC)[C@@H](COP(=O)(O)OCCO)O[C@H]3n3cnc4c(N)ncnc43)O[C@H]2n2cnc3c(N)ncnc32)O[C@H]1n1cnc2c(N)ncnc21. The van der Waals surface area contributed by atoms with Crippen molar-refractivity contribution in [2.24, 2.45) is 0 Å². The third-order valence-corrected chi connectivity index (χ3v) is 23.4. The Labute approximate surface area is 577 Å². The minimum absolute atomic E-state index is 0.00291. The minimum Gasteiger partial charge on any atom is -0.465 e. The van der Waals surface area contributed by atoms with Crippen LogP contribution < -0.4 is 17.2 Å². The Morgan fingerprint density at radius 3 is 1.39 bits per heavy atom. The molecule has 16 atom stereocenters. The molecule has 3 aliphatic heterocycles. The van der Waals surface area contributed by atoms with E-state index in [1.807, 2.05) is 0 Å². The van der Waals surface area contributed by atoms with Crippen molar-refractivity contribution in [3.05, 3.63) is 38.0 Å². The molecule has 0 radical (unpaired) electrons. The molecule has 0 aliphatic carbocycles. The lowest BCUT2D eigenvalue weighted by atomic mass is 10.0. The smallest absolute Gasteiger partial charge is 0.465 e. The van der Waals surface area contributed by atoms with Crippen LogP contribution in [0.3, 0.4) is 0 Å². The first-order valence-electron chi connectivity index (χ1n) is 31.8. The average Bonchev–Trinajstić information content (AvgIpc) is 1.62. The van der Waals surface area contributed by atoms with Crippen LogP contribution in [0.5, 0.6) is 0 Å². The van der Waals surface area contributed by atoms with Crippen LogP contribution >= 0.6 is 39.4 Å². The summed E-state index contributed by atoms with van der Waals surface area (Å²) in [5.41, 5.74) is 19.1. The summed E-state index contributed by atoms with van der Waals surface area (Å²) >= 11 is 11.7. The Kier molecular flexibility index (Phi) is 29.0. The number of hydrogen-bond acceptors (Lipinski definition) is 33. The Balaban J connectivity index is 0.837. The van der Waals surface area contributed by atoms with Crippen LogP contribution in [-0.4, -0.2) is 209 Å². The van der Waals surface area contributed by atoms with Gasteiger partial charge in [-0.15, -0.1) is 0 Å². The highest BCUT2D eigenvalue weighted by atomic mass is 32.7. The summed E-state index contributed by atoms with van der Waals surface area (Å²) in [4.78, 5) is 95.9. The Hall–Kier alpha value is -4.09. The van der Waals surface area contributed by atoms with Crippen molar-refractivity contribution >= 4 is 120 Å². The Morgan fingerprint density at radius 1 is 0.541 bits per heavy atom. The molecule has 9 rings (SSSR count). The van der Waals surface area contributed by atoms with Crippen LogP contribution in [0.4, 0.5) is 17.5 Å². The summed E-state index contributed by atoms with van der Waals surface area (Å²) < 4.78 is 107. The number of aliphatic hydroxyl groups is 2. The number of unbranched alkanes of at least 4 members (excludes halogenated alkanes) is 14. The molecule has 3 fully saturated rings. The van der Waals surface area contributed by atoms with E-state index >= 15 is 0 Å². The molecule has 6 aromatic rings. The van der Waals surface area contributed by atoms with Gasteiger partial charge in [-0.25, -0.2) is 54.0 Å². The van der Waals surface area contributed by atoms with Crippen molar-refractivity contribution in [1.29, 1.82) is 0 Å². The van der Waals surface area contributed by atoms with Gasteiger partial charge in [-0.2, -0.15) is 0 Å². The summed E-state index contributed by atoms with van der Waals surface area (Å²) in [5, 5.41) is 21.3. The number of hydrogen-bond donors (Lipinski definition) is 9. The van der Waals surface area contributed by atoms with E-state index in [0.29, 0.717) is 17.8 Å². The molecular formula is C54H85N15O22P4S3. The number of phosphoric ester groups is 1. The number of nitrogens with two attached hydrogens (primary N) is 3. The summed E-state index contributed by atoms with van der Waals surface area (Å²) in [6.07, 6.45) is 8.18.